The topological polar surface area (TPSA) is 141 Å². The van der Waals surface area contributed by atoms with Gasteiger partial charge in [-0.15, -0.1) is 5.10 Å². The van der Waals surface area contributed by atoms with Crippen LogP contribution in [0.15, 0.2) is 24.4 Å². The number of carboxylic acids is 1. The van der Waals surface area contributed by atoms with Crippen molar-refractivity contribution in [1.29, 1.82) is 0 Å². The normalized spacial score (nSPS) is 16.2. The molecule has 10 heteroatoms. The van der Waals surface area contributed by atoms with Crippen LogP contribution in [0.4, 0.5) is 0 Å². The number of ketones is 1. The first-order valence-electron chi connectivity index (χ1n) is 7.78. The van der Waals surface area contributed by atoms with Gasteiger partial charge in [-0.05, 0) is 18.1 Å². The van der Waals surface area contributed by atoms with E-state index in [4.69, 9.17) is 10.4 Å². The minimum Gasteiger partial charge on any atom is -0.535 e. The van der Waals surface area contributed by atoms with Gasteiger partial charge in [0.25, 0.3) is 0 Å². The van der Waals surface area contributed by atoms with Crippen molar-refractivity contribution in [3.63, 3.8) is 0 Å². The van der Waals surface area contributed by atoms with Crippen LogP contribution in [0.1, 0.15) is 28.0 Å². The van der Waals surface area contributed by atoms with Crippen LogP contribution in [0.25, 0.3) is 0 Å². The van der Waals surface area contributed by atoms with Crippen LogP contribution in [-0.2, 0) is 24.3 Å². The molecule has 9 nitrogen and oxygen atoms in total. The number of benzene rings is 1. The molecule has 2 aromatic rings. The van der Waals surface area contributed by atoms with Crippen molar-refractivity contribution in [1.82, 2.24) is 15.0 Å². The predicted octanol–water partition coefficient (Wildman–Crippen LogP) is -0.120. The number of Topliss-reactive ketones (excluding diaryl/α,β-unsaturated/α-hetero) is 1. The lowest BCUT2D eigenvalue weighted by Gasteiger charge is -2.28. The molecule has 0 spiro atoms. The minimum absolute atomic E-state index is 0.00321. The Kier molecular flexibility index (Phi) is 4.82. The zero-order valence-corrected chi connectivity index (χ0v) is 13.3. The fourth-order valence-electron chi connectivity index (χ4n) is 2.92. The largest absolute Gasteiger partial charge is 0.535 e. The van der Waals surface area contributed by atoms with Crippen LogP contribution in [0, 0.1) is 0 Å². The molecule has 0 bridgehead atoms. The van der Waals surface area contributed by atoms with Gasteiger partial charge in [0.15, 0.2) is 5.78 Å². The number of aromatic carboxylic acids is 1. The first-order valence-corrected chi connectivity index (χ1v) is 7.78. The summed E-state index contributed by atoms with van der Waals surface area (Å²) in [4.78, 5) is 23.5. The van der Waals surface area contributed by atoms with Gasteiger partial charge in [-0.25, -0.2) is 9.48 Å². The second-order valence-corrected chi connectivity index (χ2v) is 5.90. The first-order chi connectivity index (χ1) is 12.0. The Morgan fingerprint density at radius 3 is 2.96 bits per heavy atom. The van der Waals surface area contributed by atoms with E-state index in [1.54, 1.807) is 12.1 Å². The van der Waals surface area contributed by atoms with E-state index in [9.17, 15) is 19.7 Å². The second-order valence-electron chi connectivity index (χ2n) is 5.90. The van der Waals surface area contributed by atoms with Gasteiger partial charge in [0.05, 0.1) is 17.5 Å². The van der Waals surface area contributed by atoms with E-state index >= 15 is 0 Å². The van der Waals surface area contributed by atoms with E-state index in [1.807, 2.05) is 0 Å². The Balaban J connectivity index is 1.71. The standard InChI is InChI=1S/C15H17BN4O5/c17-6-11-7-18-19-20(11)8-12(21)5-10-4-9-2-1-3-13(15(22)23)14(9)25-16(10)24/h1-3,7,10,24H,4-6,8,17H2,(H,22,23)/t10-/m1/s1. The Morgan fingerprint density at radius 1 is 1.44 bits per heavy atom. The van der Waals surface area contributed by atoms with E-state index in [0.717, 1.165) is 0 Å². The van der Waals surface area contributed by atoms with Crippen molar-refractivity contribution < 1.29 is 24.4 Å². The van der Waals surface area contributed by atoms with Crippen LogP contribution in [0.2, 0.25) is 5.82 Å². The summed E-state index contributed by atoms with van der Waals surface area (Å²) >= 11 is 0. The Labute approximate surface area is 143 Å². The summed E-state index contributed by atoms with van der Waals surface area (Å²) in [6.07, 6.45) is 1.92. The van der Waals surface area contributed by atoms with Crippen molar-refractivity contribution in [3.05, 3.63) is 41.2 Å². The molecule has 4 N–H and O–H groups in total. The summed E-state index contributed by atoms with van der Waals surface area (Å²) in [7, 11) is -1.25. The molecule has 1 aromatic carbocycles. The van der Waals surface area contributed by atoms with Crippen molar-refractivity contribution in [2.75, 3.05) is 0 Å². The van der Waals surface area contributed by atoms with E-state index in [-0.39, 0.29) is 36.6 Å². The maximum Gasteiger partial charge on any atom is 0.526 e. The Morgan fingerprint density at radius 2 is 2.24 bits per heavy atom. The van der Waals surface area contributed by atoms with Crippen molar-refractivity contribution in [2.45, 2.75) is 31.7 Å². The average Bonchev–Trinajstić information content (AvgIpc) is 3.01. The van der Waals surface area contributed by atoms with Gasteiger partial charge >= 0.3 is 13.1 Å². The monoisotopic (exact) mass is 344 g/mol. The summed E-state index contributed by atoms with van der Waals surface area (Å²) in [5.74, 6) is -1.58. The number of carboxylic acid groups (broad SMARTS) is 1. The highest BCUT2D eigenvalue weighted by molar-refractivity contribution is 6.47. The van der Waals surface area contributed by atoms with Crippen LogP contribution >= 0.6 is 0 Å². The molecule has 3 rings (SSSR count). The molecule has 0 unspecified atom stereocenters. The molecule has 1 aromatic heterocycles. The molecule has 0 saturated heterocycles. The summed E-state index contributed by atoms with van der Waals surface area (Å²) < 4.78 is 6.81. The first kappa shape index (κ1) is 17.1. The molecule has 1 atom stereocenters. The minimum atomic E-state index is -1.25. The van der Waals surface area contributed by atoms with Gasteiger partial charge in [0.2, 0.25) is 0 Å². The maximum atomic E-state index is 12.3. The van der Waals surface area contributed by atoms with Gasteiger partial charge in [-0.3, -0.25) is 4.79 Å². The molecule has 0 aliphatic carbocycles. The van der Waals surface area contributed by atoms with E-state index in [0.29, 0.717) is 17.7 Å². The summed E-state index contributed by atoms with van der Waals surface area (Å²) in [6, 6.07) is 4.76. The number of hydrogen-bond acceptors (Lipinski definition) is 7. The lowest BCUT2D eigenvalue weighted by atomic mass is 9.64. The smallest absolute Gasteiger partial charge is 0.526 e. The quantitative estimate of drug-likeness (QED) is 0.616. The summed E-state index contributed by atoms with van der Waals surface area (Å²) in [6.45, 7) is 0.235. The molecule has 0 amide bonds. The van der Waals surface area contributed by atoms with Crippen molar-refractivity contribution in [2.24, 2.45) is 5.73 Å². The number of aromatic nitrogens is 3. The molecule has 1 aliphatic heterocycles. The number of rotatable bonds is 6. The fourth-order valence-corrected chi connectivity index (χ4v) is 2.92. The molecule has 2 heterocycles. The highest BCUT2D eigenvalue weighted by atomic mass is 16.5. The number of fused-ring (bicyclic) bond motifs is 1. The number of hydrogen-bond donors (Lipinski definition) is 3. The van der Waals surface area contributed by atoms with Gasteiger partial charge in [-0.2, -0.15) is 0 Å². The lowest BCUT2D eigenvalue weighted by Crippen LogP contribution is -2.36. The van der Waals surface area contributed by atoms with Gasteiger partial charge in [-0.1, -0.05) is 17.3 Å². The lowest BCUT2D eigenvalue weighted by molar-refractivity contribution is -0.120. The summed E-state index contributed by atoms with van der Waals surface area (Å²) in [5, 5.41) is 26.9. The molecular formula is C15H17BN4O5. The average molecular weight is 344 g/mol. The third kappa shape index (κ3) is 3.54. The number of nitrogens with two attached hydrogens (primary N) is 1. The van der Waals surface area contributed by atoms with Crippen molar-refractivity contribution >= 4 is 18.9 Å². The molecule has 0 saturated carbocycles. The predicted molar refractivity (Wildman–Crippen MR) is 87.0 cm³/mol. The van der Waals surface area contributed by atoms with E-state index in [2.05, 4.69) is 10.3 Å². The number of carbonyl (C=O) groups is 2. The molecule has 130 valence electrons. The zero-order valence-electron chi connectivity index (χ0n) is 13.3. The fraction of sp³-hybridized carbons (Fsp3) is 0.333. The maximum absolute atomic E-state index is 12.3. The van der Waals surface area contributed by atoms with Gasteiger partial charge < -0.3 is 20.5 Å². The van der Waals surface area contributed by atoms with Crippen LogP contribution in [-0.4, -0.2) is 44.0 Å². The third-order valence-electron chi connectivity index (χ3n) is 4.17. The van der Waals surface area contributed by atoms with Crippen LogP contribution in [0.5, 0.6) is 5.75 Å². The van der Waals surface area contributed by atoms with E-state index in [1.165, 1.54) is 16.9 Å². The number of para-hydroxylation sites is 1. The number of nitrogens with zero attached hydrogens (tertiary/aromatic N) is 3. The van der Waals surface area contributed by atoms with Gasteiger partial charge in [0, 0.05) is 18.8 Å². The molecule has 1 aliphatic rings. The molecular weight excluding hydrogens is 327 g/mol. The zero-order chi connectivity index (χ0) is 18.0. The molecule has 25 heavy (non-hydrogen) atoms. The van der Waals surface area contributed by atoms with Crippen molar-refractivity contribution in [3.8, 4) is 5.75 Å². The SMILES string of the molecule is NCc1cnnn1CC(=O)C[C@H]1Cc2cccc(C(=O)O)c2OB1O. The molecule has 0 radical (unpaired) electrons. The third-order valence-corrected chi connectivity index (χ3v) is 4.17. The Bertz CT molecular complexity index is 809. The molecule has 0 fully saturated rings. The van der Waals surface area contributed by atoms with E-state index < -0.39 is 18.9 Å². The number of carbonyl (C=O) groups excluding carboxylic acids is 1. The van der Waals surface area contributed by atoms with Crippen LogP contribution in [0.3, 0.4) is 0 Å². The summed E-state index contributed by atoms with van der Waals surface area (Å²) in [5.41, 5.74) is 6.85. The Hall–Kier alpha value is -2.72. The highest BCUT2D eigenvalue weighted by Gasteiger charge is 2.37. The highest BCUT2D eigenvalue weighted by Crippen LogP contribution is 2.36. The van der Waals surface area contributed by atoms with Gasteiger partial charge in [0.1, 0.15) is 12.3 Å². The second kappa shape index (κ2) is 7.03. The van der Waals surface area contributed by atoms with Crippen LogP contribution < -0.4 is 10.4 Å².